The Morgan fingerprint density at radius 3 is 2.82 bits per heavy atom. The van der Waals surface area contributed by atoms with Crippen molar-refractivity contribution in [1.82, 2.24) is 15.5 Å². The second-order valence-corrected chi connectivity index (χ2v) is 5.89. The highest BCUT2D eigenvalue weighted by Gasteiger charge is 2.47. The van der Waals surface area contributed by atoms with Crippen molar-refractivity contribution in [2.24, 2.45) is 0 Å². The van der Waals surface area contributed by atoms with Gasteiger partial charge in [-0.15, -0.1) is 0 Å². The van der Waals surface area contributed by atoms with Gasteiger partial charge in [0.2, 0.25) is 5.91 Å². The van der Waals surface area contributed by atoms with Gasteiger partial charge in [-0.05, 0) is 19.1 Å². The van der Waals surface area contributed by atoms with Crippen molar-refractivity contribution in [3.05, 3.63) is 53.1 Å². The molecule has 116 valence electrons. The molecule has 0 bridgehead atoms. The highest BCUT2D eigenvalue weighted by molar-refractivity contribution is 5.79. The second-order valence-electron chi connectivity index (χ2n) is 5.89. The maximum Gasteiger partial charge on any atom is 0.226 e. The summed E-state index contributed by atoms with van der Waals surface area (Å²) in [4.78, 5) is 12.3. The second kappa shape index (κ2) is 5.53. The van der Waals surface area contributed by atoms with Crippen LogP contribution < -0.4 is 5.32 Å². The number of benzene rings is 1. The number of halogens is 1. The largest absolute Gasteiger partial charge is 0.393 e. The van der Waals surface area contributed by atoms with E-state index in [1.165, 1.54) is 6.07 Å². The molecule has 0 aliphatic heterocycles. The smallest absolute Gasteiger partial charge is 0.226 e. The number of aliphatic hydroxyl groups excluding tert-OH is 1. The molecule has 1 aromatic carbocycles. The normalized spacial score (nSPS) is 23.9. The number of rotatable bonds is 4. The summed E-state index contributed by atoms with van der Waals surface area (Å²) in [6, 6.07) is 8.15. The van der Waals surface area contributed by atoms with Gasteiger partial charge < -0.3 is 10.4 Å². The number of hydrogen-bond donors (Lipinski definition) is 3. The maximum absolute atomic E-state index is 14.1. The Morgan fingerprint density at radius 1 is 1.50 bits per heavy atom. The molecular formula is C16H18FN3O2. The molecule has 3 N–H and O–H groups in total. The zero-order valence-electron chi connectivity index (χ0n) is 12.3. The van der Waals surface area contributed by atoms with Crippen molar-refractivity contribution in [2.45, 2.75) is 37.8 Å². The number of nitrogens with one attached hydrogen (secondary N) is 2. The van der Waals surface area contributed by atoms with Crippen LogP contribution in [0.5, 0.6) is 0 Å². The van der Waals surface area contributed by atoms with E-state index in [2.05, 4.69) is 15.5 Å². The van der Waals surface area contributed by atoms with Crippen molar-refractivity contribution in [3.63, 3.8) is 0 Å². The van der Waals surface area contributed by atoms with E-state index in [1.807, 2.05) is 6.92 Å². The number of H-pyrrole nitrogens is 1. The number of amides is 1. The van der Waals surface area contributed by atoms with Gasteiger partial charge in [-0.25, -0.2) is 4.39 Å². The summed E-state index contributed by atoms with van der Waals surface area (Å²) in [5, 5.41) is 19.3. The molecule has 2 aromatic rings. The molecule has 1 aromatic heterocycles. The van der Waals surface area contributed by atoms with Crippen LogP contribution in [0.25, 0.3) is 0 Å². The minimum Gasteiger partial charge on any atom is -0.393 e. The molecule has 1 heterocycles. The molecule has 3 rings (SSSR count). The Labute approximate surface area is 127 Å². The van der Waals surface area contributed by atoms with E-state index in [-0.39, 0.29) is 18.1 Å². The third kappa shape index (κ3) is 2.74. The van der Waals surface area contributed by atoms with Crippen LogP contribution in [0.3, 0.4) is 0 Å². The number of carbonyl (C=O) groups is 1. The summed E-state index contributed by atoms with van der Waals surface area (Å²) in [6.07, 6.45) is 0.238. The highest BCUT2D eigenvalue weighted by Crippen LogP contribution is 2.42. The number of nitrogens with zero attached hydrogens (tertiary/aromatic N) is 1. The molecule has 22 heavy (non-hydrogen) atoms. The van der Waals surface area contributed by atoms with Crippen LogP contribution in [0.4, 0.5) is 4.39 Å². The molecule has 1 aliphatic carbocycles. The number of aromatic nitrogens is 2. The third-order valence-electron chi connectivity index (χ3n) is 4.04. The van der Waals surface area contributed by atoms with Gasteiger partial charge in [-0.2, -0.15) is 5.10 Å². The van der Waals surface area contributed by atoms with Crippen LogP contribution in [0.15, 0.2) is 30.3 Å². The van der Waals surface area contributed by atoms with E-state index in [4.69, 9.17) is 0 Å². The van der Waals surface area contributed by atoms with Crippen molar-refractivity contribution in [1.29, 1.82) is 0 Å². The molecule has 1 amide bonds. The molecule has 5 nitrogen and oxygen atoms in total. The Morgan fingerprint density at radius 2 is 2.23 bits per heavy atom. The number of aliphatic hydroxyl groups is 1. The first-order valence-electron chi connectivity index (χ1n) is 7.23. The summed E-state index contributed by atoms with van der Waals surface area (Å²) in [6.45, 7) is 1.86. The minimum absolute atomic E-state index is 0.122. The Hall–Kier alpha value is -2.21. The van der Waals surface area contributed by atoms with E-state index < -0.39 is 11.6 Å². The predicted molar refractivity (Wildman–Crippen MR) is 78.5 cm³/mol. The standard InChI is InChI=1S/C16H18FN3O2/c1-10-6-11(20-19-10)7-15(22)18-16(8-12(21)9-16)13-4-2-3-5-14(13)17/h2-6,12,21H,7-9H2,1H3,(H,18,22)(H,19,20). The molecule has 1 saturated carbocycles. The van der Waals surface area contributed by atoms with Crippen molar-refractivity contribution >= 4 is 5.91 Å². The lowest BCUT2D eigenvalue weighted by molar-refractivity contribution is -0.126. The van der Waals surface area contributed by atoms with Crippen LogP contribution in [-0.2, 0) is 16.8 Å². The fourth-order valence-electron chi connectivity index (χ4n) is 3.02. The van der Waals surface area contributed by atoms with Gasteiger partial charge in [0.1, 0.15) is 5.82 Å². The number of aryl methyl sites for hydroxylation is 1. The topological polar surface area (TPSA) is 78.0 Å². The highest BCUT2D eigenvalue weighted by atomic mass is 19.1. The minimum atomic E-state index is -0.826. The fraction of sp³-hybridized carbons (Fsp3) is 0.375. The van der Waals surface area contributed by atoms with Crippen LogP contribution in [0.1, 0.15) is 29.8 Å². The van der Waals surface area contributed by atoms with Gasteiger partial charge in [-0.3, -0.25) is 9.89 Å². The zero-order valence-corrected chi connectivity index (χ0v) is 12.3. The molecule has 1 aliphatic rings. The van der Waals surface area contributed by atoms with Crippen molar-refractivity contribution < 1.29 is 14.3 Å². The first kappa shape index (κ1) is 14.7. The van der Waals surface area contributed by atoms with E-state index in [9.17, 15) is 14.3 Å². The molecule has 6 heteroatoms. The molecular weight excluding hydrogens is 285 g/mol. The first-order valence-corrected chi connectivity index (χ1v) is 7.23. The molecule has 0 spiro atoms. The van der Waals surface area contributed by atoms with E-state index in [1.54, 1.807) is 24.3 Å². The van der Waals surface area contributed by atoms with Gasteiger partial charge in [0, 0.05) is 24.1 Å². The Balaban J connectivity index is 1.77. The number of hydrogen-bond acceptors (Lipinski definition) is 3. The molecule has 0 atom stereocenters. The predicted octanol–water partition coefficient (Wildman–Crippen LogP) is 1.57. The average Bonchev–Trinajstić information content (AvgIpc) is 2.82. The van der Waals surface area contributed by atoms with Crippen LogP contribution in [0.2, 0.25) is 0 Å². The summed E-state index contributed by atoms with van der Waals surface area (Å²) >= 11 is 0. The molecule has 0 saturated heterocycles. The fourth-order valence-corrected chi connectivity index (χ4v) is 3.02. The summed E-state index contributed by atoms with van der Waals surface area (Å²) < 4.78 is 14.1. The summed E-state index contributed by atoms with van der Waals surface area (Å²) in [5.74, 6) is -0.605. The lowest BCUT2D eigenvalue weighted by atomic mass is 9.69. The number of aromatic amines is 1. The maximum atomic E-state index is 14.1. The first-order chi connectivity index (χ1) is 10.5. The van der Waals surface area contributed by atoms with Crippen molar-refractivity contribution in [2.75, 3.05) is 0 Å². The molecule has 0 radical (unpaired) electrons. The number of carbonyl (C=O) groups excluding carboxylic acids is 1. The van der Waals surface area contributed by atoms with E-state index in [0.717, 1.165) is 5.69 Å². The van der Waals surface area contributed by atoms with Gasteiger partial charge in [0.15, 0.2) is 0 Å². The van der Waals surface area contributed by atoms with Crippen LogP contribution in [-0.4, -0.2) is 27.3 Å². The van der Waals surface area contributed by atoms with Crippen LogP contribution in [0, 0.1) is 12.7 Å². The monoisotopic (exact) mass is 303 g/mol. The quantitative estimate of drug-likeness (QED) is 0.802. The lowest BCUT2D eigenvalue weighted by Gasteiger charge is -2.46. The van der Waals surface area contributed by atoms with Gasteiger partial charge in [-0.1, -0.05) is 18.2 Å². The van der Waals surface area contributed by atoms with Crippen molar-refractivity contribution in [3.8, 4) is 0 Å². The van der Waals surface area contributed by atoms with Gasteiger partial charge in [0.25, 0.3) is 0 Å². The third-order valence-corrected chi connectivity index (χ3v) is 4.04. The average molecular weight is 303 g/mol. The summed E-state index contributed by atoms with van der Waals surface area (Å²) in [5.41, 5.74) is 1.11. The van der Waals surface area contributed by atoms with E-state index in [0.29, 0.717) is 24.1 Å². The lowest BCUT2D eigenvalue weighted by Crippen LogP contribution is -2.57. The SMILES string of the molecule is Cc1cc(CC(=O)NC2(c3ccccc3F)CC(O)C2)n[nH]1. The molecule has 0 unspecified atom stereocenters. The molecule has 1 fully saturated rings. The van der Waals surface area contributed by atoms with Crippen LogP contribution >= 0.6 is 0 Å². The van der Waals surface area contributed by atoms with Gasteiger partial charge >= 0.3 is 0 Å². The van der Waals surface area contributed by atoms with E-state index >= 15 is 0 Å². The Bertz CT molecular complexity index is 692. The Kier molecular flexibility index (Phi) is 3.70. The zero-order chi connectivity index (χ0) is 15.7. The van der Waals surface area contributed by atoms with Gasteiger partial charge in [0.05, 0.1) is 23.8 Å². The summed E-state index contributed by atoms with van der Waals surface area (Å²) in [7, 11) is 0.